The van der Waals surface area contributed by atoms with Gasteiger partial charge in [0.05, 0.1) is 25.0 Å². The number of benzene rings is 1. The highest BCUT2D eigenvalue weighted by Gasteiger charge is 2.31. The number of aromatic carboxylic acids is 1. The number of carboxylic acids is 1. The molecule has 0 bridgehead atoms. The van der Waals surface area contributed by atoms with Crippen LogP contribution < -0.4 is 10.2 Å². The fraction of sp³-hybridized carbons (Fsp3) is 0.500. The molecule has 2 aliphatic rings. The molecule has 1 saturated carbocycles. The third-order valence-corrected chi connectivity index (χ3v) is 6.60. The number of aliphatic hydroxyl groups excluding tert-OH is 1. The molecule has 2 heterocycles. The quantitative estimate of drug-likeness (QED) is 0.704. The minimum Gasteiger partial charge on any atom is -0.493 e. The maximum Gasteiger partial charge on any atom is 0.341 e. The number of hydrogen-bond donors (Lipinski definition) is 2. The molecular weight excluding hydrogens is 398 g/mol. The van der Waals surface area contributed by atoms with Crippen molar-refractivity contribution in [3.05, 3.63) is 51.3 Å². The minimum atomic E-state index is -1.22. The predicted octanol–water partition coefficient (Wildman–Crippen LogP) is 3.26. The lowest BCUT2D eigenvalue weighted by atomic mass is 9.83. The minimum absolute atomic E-state index is 0.0168. The van der Waals surface area contributed by atoms with Gasteiger partial charge in [0.25, 0.3) is 0 Å². The summed E-state index contributed by atoms with van der Waals surface area (Å²) in [6, 6.07) is 5.26. The van der Waals surface area contributed by atoms with Gasteiger partial charge in [-0.15, -0.1) is 0 Å². The maximum atomic E-state index is 12.4. The van der Waals surface area contributed by atoms with Crippen molar-refractivity contribution < 1.29 is 24.5 Å². The Kier molecular flexibility index (Phi) is 5.90. The van der Waals surface area contributed by atoms with Crippen LogP contribution in [-0.4, -0.2) is 40.6 Å². The van der Waals surface area contributed by atoms with E-state index < -0.39 is 11.4 Å². The van der Waals surface area contributed by atoms with E-state index in [0.717, 1.165) is 24.0 Å². The van der Waals surface area contributed by atoms with Crippen LogP contribution in [0, 0.1) is 11.8 Å². The standard InChI is InChI=1S/C24H29NO6/c1-13(2)20-7-15-8-23(31-12-14-4-17(5-14)30-3)16(11-26)6-18(15)21-9-22(27)19(24(28)29)10-25(20)21/h6,8-10,13-14,17,20,26H,4-5,7,11-12H2,1-3H3,(H,28,29)/t14?,17?,20-/m0/s1. The molecule has 1 aliphatic heterocycles. The van der Waals surface area contributed by atoms with Crippen molar-refractivity contribution in [1.29, 1.82) is 0 Å². The van der Waals surface area contributed by atoms with Crippen molar-refractivity contribution in [1.82, 2.24) is 4.57 Å². The summed E-state index contributed by atoms with van der Waals surface area (Å²) >= 11 is 0. The number of fused-ring (bicyclic) bond motifs is 3. The Labute approximate surface area is 181 Å². The van der Waals surface area contributed by atoms with Crippen LogP contribution in [-0.2, 0) is 17.8 Å². The van der Waals surface area contributed by atoms with E-state index in [9.17, 15) is 19.8 Å². The van der Waals surface area contributed by atoms with Gasteiger partial charge in [-0.1, -0.05) is 13.8 Å². The fourth-order valence-corrected chi connectivity index (χ4v) is 4.62. The van der Waals surface area contributed by atoms with Crippen molar-refractivity contribution in [3.8, 4) is 17.0 Å². The first-order chi connectivity index (χ1) is 14.8. The zero-order chi connectivity index (χ0) is 22.3. The topological polar surface area (TPSA) is 98.0 Å². The second kappa shape index (κ2) is 8.48. The zero-order valence-corrected chi connectivity index (χ0v) is 18.1. The zero-order valence-electron chi connectivity index (χ0n) is 18.1. The van der Waals surface area contributed by atoms with E-state index >= 15 is 0 Å². The molecule has 0 saturated heterocycles. The van der Waals surface area contributed by atoms with Crippen LogP contribution in [0.4, 0.5) is 0 Å². The molecule has 7 heteroatoms. The van der Waals surface area contributed by atoms with Gasteiger partial charge in [0.2, 0.25) is 0 Å². The number of aliphatic hydroxyl groups is 1. The second-order valence-electron chi connectivity index (χ2n) is 8.95. The fourth-order valence-electron chi connectivity index (χ4n) is 4.62. The molecule has 31 heavy (non-hydrogen) atoms. The van der Waals surface area contributed by atoms with Crippen LogP contribution in [0.5, 0.6) is 5.75 Å². The lowest BCUT2D eigenvalue weighted by Gasteiger charge is -2.35. The first-order valence-electron chi connectivity index (χ1n) is 10.7. The molecule has 166 valence electrons. The third kappa shape index (κ3) is 4.00. The molecule has 7 nitrogen and oxygen atoms in total. The van der Waals surface area contributed by atoms with Crippen molar-refractivity contribution >= 4 is 5.97 Å². The van der Waals surface area contributed by atoms with E-state index in [-0.39, 0.29) is 24.1 Å². The monoisotopic (exact) mass is 427 g/mol. The summed E-state index contributed by atoms with van der Waals surface area (Å²) in [5.41, 5.74) is 2.47. The Morgan fingerprint density at radius 3 is 2.61 bits per heavy atom. The van der Waals surface area contributed by atoms with Crippen LogP contribution in [0.15, 0.2) is 29.2 Å². The van der Waals surface area contributed by atoms with Gasteiger partial charge in [0.1, 0.15) is 11.3 Å². The molecule has 0 radical (unpaired) electrons. The summed E-state index contributed by atoms with van der Waals surface area (Å²) in [6.07, 6.45) is 4.42. The average molecular weight is 427 g/mol. The maximum absolute atomic E-state index is 12.4. The first kappa shape index (κ1) is 21.6. The SMILES string of the molecule is COC1CC(COc2cc3c(cc2CO)-c2cc(=O)c(C(=O)O)cn2[C@H](C(C)C)C3)C1. The lowest BCUT2D eigenvalue weighted by Crippen LogP contribution is -2.34. The summed E-state index contributed by atoms with van der Waals surface area (Å²) in [5.74, 6) is 0.131. The largest absolute Gasteiger partial charge is 0.493 e. The van der Waals surface area contributed by atoms with Gasteiger partial charge in [-0.3, -0.25) is 4.79 Å². The first-order valence-corrected chi connectivity index (χ1v) is 10.7. The molecule has 0 amide bonds. The summed E-state index contributed by atoms with van der Waals surface area (Å²) < 4.78 is 13.3. The van der Waals surface area contributed by atoms with Gasteiger partial charge in [0, 0.05) is 36.5 Å². The van der Waals surface area contributed by atoms with Crippen molar-refractivity contribution in [2.75, 3.05) is 13.7 Å². The van der Waals surface area contributed by atoms with E-state index in [0.29, 0.717) is 42.1 Å². The van der Waals surface area contributed by atoms with Gasteiger partial charge in [0.15, 0.2) is 5.43 Å². The number of rotatable bonds is 7. The molecule has 1 atom stereocenters. The molecule has 0 spiro atoms. The van der Waals surface area contributed by atoms with Gasteiger partial charge in [-0.2, -0.15) is 0 Å². The number of nitrogens with zero attached hydrogens (tertiary/aromatic N) is 1. The highest BCUT2D eigenvalue weighted by molar-refractivity contribution is 5.87. The Morgan fingerprint density at radius 1 is 1.26 bits per heavy atom. The van der Waals surface area contributed by atoms with Gasteiger partial charge in [-0.05, 0) is 48.8 Å². The predicted molar refractivity (Wildman–Crippen MR) is 116 cm³/mol. The smallest absolute Gasteiger partial charge is 0.341 e. The summed E-state index contributed by atoms with van der Waals surface area (Å²) in [5, 5.41) is 19.3. The Morgan fingerprint density at radius 2 is 2.00 bits per heavy atom. The second-order valence-corrected chi connectivity index (χ2v) is 8.95. The van der Waals surface area contributed by atoms with E-state index in [1.807, 2.05) is 16.7 Å². The molecule has 1 aliphatic carbocycles. The number of methoxy groups -OCH3 is 1. The Balaban J connectivity index is 1.72. The highest BCUT2D eigenvalue weighted by atomic mass is 16.5. The summed E-state index contributed by atoms with van der Waals surface area (Å²) in [6.45, 7) is 4.57. The molecule has 4 rings (SSSR count). The molecule has 0 unspecified atom stereocenters. The highest BCUT2D eigenvalue weighted by Crippen LogP contribution is 2.41. The van der Waals surface area contributed by atoms with Crippen LogP contribution in [0.1, 0.15) is 54.2 Å². The molecule has 1 aromatic carbocycles. The number of ether oxygens (including phenoxy) is 2. The Hall–Kier alpha value is -2.64. The van der Waals surface area contributed by atoms with Crippen LogP contribution in [0.2, 0.25) is 0 Å². The number of aromatic nitrogens is 1. The van der Waals surface area contributed by atoms with Crippen molar-refractivity contribution in [2.24, 2.45) is 11.8 Å². The van der Waals surface area contributed by atoms with Crippen molar-refractivity contribution in [2.45, 2.75) is 51.9 Å². The normalized spacial score (nSPS) is 21.9. The number of hydrogen-bond acceptors (Lipinski definition) is 5. The molecule has 1 fully saturated rings. The average Bonchev–Trinajstić information content (AvgIpc) is 2.70. The van der Waals surface area contributed by atoms with E-state index in [4.69, 9.17) is 9.47 Å². The van der Waals surface area contributed by atoms with Crippen LogP contribution in [0.3, 0.4) is 0 Å². The van der Waals surface area contributed by atoms with Gasteiger partial charge in [-0.25, -0.2) is 4.79 Å². The van der Waals surface area contributed by atoms with E-state index in [1.165, 1.54) is 12.3 Å². The molecule has 2 N–H and O–H groups in total. The molecular formula is C24H29NO6. The number of pyridine rings is 1. The van der Waals surface area contributed by atoms with Crippen LogP contribution >= 0.6 is 0 Å². The molecule has 2 aromatic rings. The number of carboxylic acid groups (broad SMARTS) is 1. The number of carbonyl (C=O) groups is 1. The lowest BCUT2D eigenvalue weighted by molar-refractivity contribution is -0.0144. The van der Waals surface area contributed by atoms with E-state index in [1.54, 1.807) is 7.11 Å². The summed E-state index contributed by atoms with van der Waals surface area (Å²) in [7, 11) is 1.73. The van der Waals surface area contributed by atoms with Crippen LogP contribution in [0.25, 0.3) is 11.3 Å². The third-order valence-electron chi connectivity index (χ3n) is 6.60. The summed E-state index contributed by atoms with van der Waals surface area (Å²) in [4.78, 5) is 23.9. The van der Waals surface area contributed by atoms with Gasteiger partial charge < -0.3 is 24.3 Å². The van der Waals surface area contributed by atoms with Gasteiger partial charge >= 0.3 is 5.97 Å². The van der Waals surface area contributed by atoms with E-state index in [2.05, 4.69) is 13.8 Å². The Bertz CT molecular complexity index is 1050. The molecule has 1 aromatic heterocycles. The van der Waals surface area contributed by atoms with Crippen molar-refractivity contribution in [3.63, 3.8) is 0 Å².